The molecule has 7 heteroatoms. The third-order valence-corrected chi connectivity index (χ3v) is 7.19. The maximum atomic E-state index is 11.3. The number of carbonyl (C=O) groups is 1. The Hall–Kier alpha value is -2.68. The molecule has 0 spiro atoms. The largest absolute Gasteiger partial charge is 0.396 e. The molecular weight excluding hydrogens is 474 g/mol. The van der Waals surface area contributed by atoms with Crippen LogP contribution in [-0.4, -0.2) is 40.3 Å². The van der Waals surface area contributed by atoms with Gasteiger partial charge in [-0.05, 0) is 39.9 Å². The zero-order valence-corrected chi connectivity index (χ0v) is 21.2. The number of benzene rings is 3. The van der Waals surface area contributed by atoms with Gasteiger partial charge in [-0.25, -0.2) is 0 Å². The van der Waals surface area contributed by atoms with Gasteiger partial charge in [-0.2, -0.15) is 11.8 Å². The van der Waals surface area contributed by atoms with Gasteiger partial charge in [-0.15, -0.1) is 0 Å². The molecule has 3 N–H and O–H groups in total. The summed E-state index contributed by atoms with van der Waals surface area (Å²) in [6, 6.07) is 24.2. The van der Waals surface area contributed by atoms with Crippen LogP contribution in [0.2, 0.25) is 0 Å². The summed E-state index contributed by atoms with van der Waals surface area (Å²) in [5, 5.41) is 21.4. The monoisotopic (exact) mass is 507 g/mol. The van der Waals surface area contributed by atoms with Gasteiger partial charge in [-0.3, -0.25) is 4.79 Å². The van der Waals surface area contributed by atoms with Gasteiger partial charge in [0.1, 0.15) is 0 Å². The van der Waals surface area contributed by atoms with E-state index in [1.807, 2.05) is 48.5 Å². The highest BCUT2D eigenvalue weighted by Gasteiger charge is 2.32. The summed E-state index contributed by atoms with van der Waals surface area (Å²) in [4.78, 5) is 11.3. The lowest BCUT2D eigenvalue weighted by Crippen LogP contribution is -2.31. The third kappa shape index (κ3) is 7.18. The number of amides is 1. The molecule has 36 heavy (non-hydrogen) atoms. The average molecular weight is 508 g/mol. The first-order valence-electron chi connectivity index (χ1n) is 12.2. The molecule has 190 valence electrons. The van der Waals surface area contributed by atoms with Gasteiger partial charge in [0.25, 0.3) is 0 Å². The van der Waals surface area contributed by atoms with Gasteiger partial charge in [0.2, 0.25) is 5.91 Å². The zero-order chi connectivity index (χ0) is 25.3. The topological polar surface area (TPSA) is 88.0 Å². The molecular formula is C29H33NO5S. The van der Waals surface area contributed by atoms with Crippen molar-refractivity contribution in [1.29, 1.82) is 0 Å². The van der Waals surface area contributed by atoms with E-state index in [1.54, 1.807) is 11.8 Å². The van der Waals surface area contributed by atoms with E-state index >= 15 is 0 Å². The molecule has 1 aliphatic rings. The fraction of sp³-hybridized carbons (Fsp3) is 0.345. The molecule has 0 aromatic heterocycles. The van der Waals surface area contributed by atoms with Crippen molar-refractivity contribution in [2.75, 3.05) is 18.1 Å². The summed E-state index contributed by atoms with van der Waals surface area (Å²) in [7, 11) is 0. The molecule has 0 bridgehead atoms. The maximum Gasteiger partial charge on any atom is 0.217 e. The van der Waals surface area contributed by atoms with Gasteiger partial charge in [0, 0.05) is 37.0 Å². The van der Waals surface area contributed by atoms with E-state index in [9.17, 15) is 15.0 Å². The molecule has 1 saturated heterocycles. The van der Waals surface area contributed by atoms with E-state index in [2.05, 4.69) is 29.6 Å². The van der Waals surface area contributed by atoms with E-state index in [0.29, 0.717) is 12.3 Å². The standard InChI is InChI=1S/C29H33NO5S/c1-20(33)30-17-22-4-2-5-24(14-22)25-6-3-7-26(15-25)29-34-27(19-36-13-12-31)16-28(35-29)23-10-8-21(18-32)9-11-23/h2-11,14-15,27-29,31-32H,12-13,16-19H2,1H3,(H,30,33)/t27-,28+,29+/m1/s1. The maximum absolute atomic E-state index is 11.3. The molecule has 1 aliphatic heterocycles. The van der Waals surface area contributed by atoms with Crippen molar-refractivity contribution in [3.05, 3.63) is 95.1 Å². The molecule has 1 fully saturated rings. The molecule has 3 atom stereocenters. The molecule has 1 heterocycles. The van der Waals surface area contributed by atoms with Crippen molar-refractivity contribution in [1.82, 2.24) is 5.32 Å². The minimum Gasteiger partial charge on any atom is -0.396 e. The Morgan fingerprint density at radius 3 is 2.42 bits per heavy atom. The van der Waals surface area contributed by atoms with Crippen LogP contribution in [0.4, 0.5) is 0 Å². The quantitative estimate of drug-likeness (QED) is 0.343. The fourth-order valence-corrected chi connectivity index (χ4v) is 5.03. The van der Waals surface area contributed by atoms with Crippen molar-refractivity contribution in [3.63, 3.8) is 0 Å². The minimum atomic E-state index is -0.525. The van der Waals surface area contributed by atoms with Crippen LogP contribution < -0.4 is 5.32 Å². The predicted molar refractivity (Wildman–Crippen MR) is 142 cm³/mol. The van der Waals surface area contributed by atoms with Crippen LogP contribution in [0.3, 0.4) is 0 Å². The van der Waals surface area contributed by atoms with Crippen LogP contribution in [0, 0.1) is 0 Å². The number of ether oxygens (including phenoxy) is 2. The van der Waals surface area contributed by atoms with Crippen LogP contribution in [0.15, 0.2) is 72.8 Å². The SMILES string of the molecule is CC(=O)NCc1cccc(-c2cccc([C@H]3O[C@@H](CSCCO)C[C@@H](c4ccc(CO)cc4)O3)c2)c1. The number of rotatable bonds is 10. The highest BCUT2D eigenvalue weighted by atomic mass is 32.2. The lowest BCUT2D eigenvalue weighted by molar-refractivity contribution is -0.245. The number of nitrogens with one attached hydrogen (secondary N) is 1. The number of hydrogen-bond acceptors (Lipinski definition) is 6. The van der Waals surface area contributed by atoms with E-state index < -0.39 is 6.29 Å². The fourth-order valence-electron chi connectivity index (χ4n) is 4.25. The van der Waals surface area contributed by atoms with Gasteiger partial charge < -0.3 is 25.0 Å². The molecule has 0 saturated carbocycles. The second-order valence-electron chi connectivity index (χ2n) is 8.88. The number of thioether (sulfide) groups is 1. The number of carbonyl (C=O) groups excluding carboxylic acids is 1. The smallest absolute Gasteiger partial charge is 0.217 e. The van der Waals surface area contributed by atoms with Crippen molar-refractivity contribution in [2.45, 2.75) is 45.0 Å². The average Bonchev–Trinajstić information content (AvgIpc) is 2.92. The predicted octanol–water partition coefficient (Wildman–Crippen LogP) is 4.75. The first kappa shape index (κ1) is 26.4. The van der Waals surface area contributed by atoms with Crippen LogP contribution in [0.5, 0.6) is 0 Å². The number of aliphatic hydroxyl groups excluding tert-OH is 2. The zero-order valence-electron chi connectivity index (χ0n) is 20.4. The summed E-state index contributed by atoms with van der Waals surface area (Å²) in [6.45, 7) is 2.16. The molecule has 1 amide bonds. The third-order valence-electron chi connectivity index (χ3n) is 6.11. The summed E-state index contributed by atoms with van der Waals surface area (Å²) in [5.74, 6) is 1.39. The van der Waals surface area contributed by atoms with Crippen LogP contribution in [0.1, 0.15) is 48.0 Å². The second kappa shape index (κ2) is 13.0. The Balaban J connectivity index is 1.56. The van der Waals surface area contributed by atoms with Gasteiger partial charge in [-0.1, -0.05) is 60.7 Å². The van der Waals surface area contributed by atoms with Gasteiger partial charge in [0.15, 0.2) is 6.29 Å². The van der Waals surface area contributed by atoms with Crippen molar-refractivity contribution in [3.8, 4) is 11.1 Å². The van der Waals surface area contributed by atoms with Crippen LogP contribution in [0.25, 0.3) is 11.1 Å². The Morgan fingerprint density at radius 2 is 1.69 bits per heavy atom. The van der Waals surface area contributed by atoms with Crippen LogP contribution >= 0.6 is 11.8 Å². The van der Waals surface area contributed by atoms with Crippen molar-refractivity contribution in [2.24, 2.45) is 0 Å². The summed E-state index contributed by atoms with van der Waals surface area (Å²) in [6.07, 6.45) is 0.0370. The highest BCUT2D eigenvalue weighted by molar-refractivity contribution is 7.99. The van der Waals surface area contributed by atoms with E-state index in [0.717, 1.165) is 45.6 Å². The highest BCUT2D eigenvalue weighted by Crippen LogP contribution is 2.39. The normalized spacial score (nSPS) is 19.7. The molecule has 0 unspecified atom stereocenters. The minimum absolute atomic E-state index is 0.0107. The number of aliphatic hydroxyl groups is 2. The first-order valence-corrected chi connectivity index (χ1v) is 13.3. The van der Waals surface area contributed by atoms with Gasteiger partial charge in [0.05, 0.1) is 25.4 Å². The Kier molecular flexibility index (Phi) is 9.55. The van der Waals surface area contributed by atoms with Crippen LogP contribution in [-0.2, 0) is 27.4 Å². The summed E-state index contributed by atoms with van der Waals surface area (Å²) >= 11 is 1.67. The molecule has 3 aromatic carbocycles. The van der Waals surface area contributed by atoms with Crippen molar-refractivity contribution < 1.29 is 24.5 Å². The molecule has 3 aromatic rings. The Morgan fingerprint density at radius 1 is 0.944 bits per heavy atom. The molecule has 6 nitrogen and oxygen atoms in total. The second-order valence-corrected chi connectivity index (χ2v) is 10.0. The van der Waals surface area contributed by atoms with Gasteiger partial charge >= 0.3 is 0 Å². The number of hydrogen-bond donors (Lipinski definition) is 3. The Bertz CT molecular complexity index is 1140. The molecule has 0 radical (unpaired) electrons. The summed E-state index contributed by atoms with van der Waals surface area (Å²) < 4.78 is 12.8. The molecule has 0 aliphatic carbocycles. The molecule has 4 rings (SSSR count). The Labute approximate surface area is 216 Å². The van der Waals surface area contributed by atoms with Crippen molar-refractivity contribution >= 4 is 17.7 Å². The van der Waals surface area contributed by atoms with E-state index in [-0.39, 0.29) is 31.3 Å². The van der Waals surface area contributed by atoms with E-state index in [4.69, 9.17) is 9.47 Å². The lowest BCUT2D eigenvalue weighted by Gasteiger charge is -2.36. The lowest BCUT2D eigenvalue weighted by atomic mass is 9.99. The summed E-state index contributed by atoms with van der Waals surface area (Å²) in [5.41, 5.74) is 6.00. The first-order chi connectivity index (χ1) is 17.6. The van der Waals surface area contributed by atoms with E-state index in [1.165, 1.54) is 6.92 Å².